The summed E-state index contributed by atoms with van der Waals surface area (Å²) in [7, 11) is -4.06. The van der Waals surface area contributed by atoms with Crippen LogP contribution in [-0.2, 0) is 21.0 Å². The number of amides is 1. The van der Waals surface area contributed by atoms with Gasteiger partial charge in [-0.05, 0) is 49.7 Å². The molecule has 0 spiro atoms. The van der Waals surface area contributed by atoms with Crippen LogP contribution in [0.25, 0.3) is 0 Å². The molecule has 1 aliphatic rings. The van der Waals surface area contributed by atoms with Crippen LogP contribution in [0.3, 0.4) is 0 Å². The molecule has 0 aromatic heterocycles. The predicted molar refractivity (Wildman–Crippen MR) is 111 cm³/mol. The second-order valence-corrected chi connectivity index (χ2v) is 9.44. The van der Waals surface area contributed by atoms with E-state index in [4.69, 9.17) is 0 Å². The molecule has 168 valence electrons. The number of sulfonamides is 1. The number of carbonyl (C=O) groups excluding carboxylic acids is 1. The summed E-state index contributed by atoms with van der Waals surface area (Å²) in [6.07, 6.45) is -4.62. The average molecular weight is 456 g/mol. The van der Waals surface area contributed by atoms with Gasteiger partial charge in [-0.25, -0.2) is 8.42 Å². The number of nitrogens with zero attached hydrogens (tertiary/aromatic N) is 2. The van der Waals surface area contributed by atoms with Crippen LogP contribution in [0, 0.1) is 6.92 Å². The molecule has 1 aliphatic heterocycles. The zero-order valence-electron chi connectivity index (χ0n) is 17.2. The Hall–Kier alpha value is -2.43. The van der Waals surface area contributed by atoms with Gasteiger partial charge in [0.05, 0.1) is 16.5 Å². The second-order valence-electron chi connectivity index (χ2n) is 7.50. The second kappa shape index (κ2) is 8.97. The minimum absolute atomic E-state index is 0.0840. The summed E-state index contributed by atoms with van der Waals surface area (Å²) in [5.74, 6) is -0.209. The maximum atomic E-state index is 12.9. The normalized spacial score (nSPS) is 17.3. The first-order valence-corrected chi connectivity index (χ1v) is 11.2. The van der Waals surface area contributed by atoms with E-state index in [0.29, 0.717) is 24.8 Å². The van der Waals surface area contributed by atoms with Gasteiger partial charge in [0.2, 0.25) is 15.9 Å². The van der Waals surface area contributed by atoms with Crippen molar-refractivity contribution >= 4 is 21.6 Å². The molecule has 10 heteroatoms. The van der Waals surface area contributed by atoms with Crippen LogP contribution in [-0.4, -0.2) is 55.8 Å². The van der Waals surface area contributed by atoms with Crippen LogP contribution in [0.4, 0.5) is 18.9 Å². The molecule has 1 N–H and O–H groups in total. The van der Waals surface area contributed by atoms with Gasteiger partial charge < -0.3 is 5.32 Å². The van der Waals surface area contributed by atoms with Crippen molar-refractivity contribution in [2.75, 3.05) is 31.5 Å². The standard InChI is InChI=1S/C21H24F3N3O3S/c1-15-5-3-7-18(13-15)25-20(28)16(2)26-9-11-27(12-10-26)31(29,30)19-8-4-6-17(14-19)21(22,23)24/h3-8,13-14,16H,9-12H2,1-2H3,(H,25,28)/t16-/m0/s1. The zero-order valence-corrected chi connectivity index (χ0v) is 18.0. The van der Waals surface area contributed by atoms with Gasteiger partial charge in [-0.1, -0.05) is 18.2 Å². The van der Waals surface area contributed by atoms with Gasteiger partial charge in [-0.2, -0.15) is 17.5 Å². The number of hydrogen-bond acceptors (Lipinski definition) is 4. The van der Waals surface area contributed by atoms with E-state index in [2.05, 4.69) is 5.32 Å². The van der Waals surface area contributed by atoms with Crippen molar-refractivity contribution in [2.24, 2.45) is 0 Å². The number of nitrogens with one attached hydrogen (secondary N) is 1. The lowest BCUT2D eigenvalue weighted by Gasteiger charge is -2.36. The van der Waals surface area contributed by atoms with E-state index in [0.717, 1.165) is 28.1 Å². The van der Waals surface area contributed by atoms with Crippen molar-refractivity contribution in [3.63, 3.8) is 0 Å². The lowest BCUT2D eigenvalue weighted by Crippen LogP contribution is -2.53. The Morgan fingerprint density at radius 1 is 1.03 bits per heavy atom. The Morgan fingerprint density at radius 2 is 1.68 bits per heavy atom. The van der Waals surface area contributed by atoms with Gasteiger partial charge in [-0.15, -0.1) is 0 Å². The Morgan fingerprint density at radius 3 is 2.29 bits per heavy atom. The van der Waals surface area contributed by atoms with Crippen LogP contribution in [0.15, 0.2) is 53.4 Å². The number of carbonyl (C=O) groups is 1. The molecule has 1 heterocycles. The number of aryl methyl sites for hydroxylation is 1. The summed E-state index contributed by atoms with van der Waals surface area (Å²) in [4.78, 5) is 14.0. The summed E-state index contributed by atoms with van der Waals surface area (Å²) in [5, 5.41) is 2.85. The topological polar surface area (TPSA) is 69.7 Å². The molecule has 1 amide bonds. The highest BCUT2D eigenvalue weighted by atomic mass is 32.2. The van der Waals surface area contributed by atoms with E-state index >= 15 is 0 Å². The third kappa shape index (κ3) is 5.44. The Bertz CT molecular complexity index is 1050. The van der Waals surface area contributed by atoms with Crippen LogP contribution < -0.4 is 5.32 Å². The first kappa shape index (κ1) is 23.2. The number of piperazine rings is 1. The molecule has 3 rings (SSSR count). The van der Waals surface area contributed by atoms with Crippen molar-refractivity contribution in [2.45, 2.75) is 31.0 Å². The third-order valence-corrected chi connectivity index (χ3v) is 7.18. The van der Waals surface area contributed by atoms with Crippen molar-refractivity contribution in [1.29, 1.82) is 0 Å². The predicted octanol–water partition coefficient (Wildman–Crippen LogP) is 3.35. The fraction of sp³-hybridized carbons (Fsp3) is 0.381. The summed E-state index contributed by atoms with van der Waals surface area (Å²) in [6, 6.07) is 10.7. The first-order valence-electron chi connectivity index (χ1n) is 9.77. The third-order valence-electron chi connectivity index (χ3n) is 5.29. The van der Waals surface area contributed by atoms with Gasteiger partial charge in [0, 0.05) is 31.9 Å². The van der Waals surface area contributed by atoms with Gasteiger partial charge in [-0.3, -0.25) is 9.69 Å². The highest BCUT2D eigenvalue weighted by Crippen LogP contribution is 2.31. The molecule has 1 atom stereocenters. The molecule has 2 aromatic carbocycles. The van der Waals surface area contributed by atoms with Crippen LogP contribution in [0.2, 0.25) is 0 Å². The van der Waals surface area contributed by atoms with Crippen molar-refractivity contribution in [1.82, 2.24) is 9.21 Å². The lowest BCUT2D eigenvalue weighted by atomic mass is 10.2. The maximum absolute atomic E-state index is 12.9. The highest BCUT2D eigenvalue weighted by molar-refractivity contribution is 7.89. The summed E-state index contributed by atoms with van der Waals surface area (Å²) >= 11 is 0. The van der Waals surface area contributed by atoms with Crippen molar-refractivity contribution < 1.29 is 26.4 Å². The van der Waals surface area contributed by atoms with Crippen LogP contribution >= 0.6 is 0 Å². The molecular formula is C21H24F3N3O3S. The fourth-order valence-electron chi connectivity index (χ4n) is 3.45. The largest absolute Gasteiger partial charge is 0.416 e. The van der Waals surface area contributed by atoms with E-state index in [1.54, 1.807) is 13.0 Å². The molecule has 0 unspecified atom stereocenters. The molecular weight excluding hydrogens is 431 g/mol. The quantitative estimate of drug-likeness (QED) is 0.751. The smallest absolute Gasteiger partial charge is 0.325 e. The SMILES string of the molecule is Cc1cccc(NC(=O)[C@H](C)N2CCN(S(=O)(=O)c3cccc(C(F)(F)F)c3)CC2)c1. The Kier molecular flexibility index (Phi) is 6.73. The average Bonchev–Trinajstić information content (AvgIpc) is 2.73. The highest BCUT2D eigenvalue weighted by Gasteiger charge is 2.35. The van der Waals surface area contributed by atoms with Crippen molar-refractivity contribution in [3.8, 4) is 0 Å². The van der Waals surface area contributed by atoms with Gasteiger partial charge in [0.25, 0.3) is 0 Å². The number of rotatable bonds is 5. The minimum atomic E-state index is -4.62. The molecule has 6 nitrogen and oxygen atoms in total. The van der Waals surface area contributed by atoms with E-state index in [1.165, 1.54) is 0 Å². The van der Waals surface area contributed by atoms with Crippen LogP contribution in [0.5, 0.6) is 0 Å². The van der Waals surface area contributed by atoms with Gasteiger partial charge in [0.15, 0.2) is 0 Å². The fourth-order valence-corrected chi connectivity index (χ4v) is 4.92. The molecule has 2 aromatic rings. The summed E-state index contributed by atoms with van der Waals surface area (Å²) < 4.78 is 65.6. The molecule has 1 saturated heterocycles. The Labute approximate surface area is 179 Å². The van der Waals surface area contributed by atoms with Gasteiger partial charge in [0.1, 0.15) is 0 Å². The minimum Gasteiger partial charge on any atom is -0.325 e. The molecule has 0 bridgehead atoms. The first-order chi connectivity index (χ1) is 14.5. The summed E-state index contributed by atoms with van der Waals surface area (Å²) in [5.41, 5.74) is 0.690. The van der Waals surface area contributed by atoms with E-state index in [1.807, 2.05) is 30.0 Å². The molecule has 0 saturated carbocycles. The molecule has 0 aliphatic carbocycles. The lowest BCUT2D eigenvalue weighted by molar-refractivity contribution is -0.137. The number of halogens is 3. The monoisotopic (exact) mass is 455 g/mol. The number of benzene rings is 2. The van der Waals surface area contributed by atoms with Crippen molar-refractivity contribution in [3.05, 3.63) is 59.7 Å². The Balaban J connectivity index is 1.64. The molecule has 0 radical (unpaired) electrons. The van der Waals surface area contributed by atoms with Gasteiger partial charge >= 0.3 is 6.18 Å². The number of alkyl halides is 3. The molecule has 1 fully saturated rings. The van der Waals surface area contributed by atoms with E-state index in [9.17, 15) is 26.4 Å². The summed E-state index contributed by atoms with van der Waals surface area (Å²) in [6.45, 7) is 4.41. The van der Waals surface area contributed by atoms with E-state index in [-0.39, 0.29) is 23.9 Å². The zero-order chi connectivity index (χ0) is 22.8. The van der Waals surface area contributed by atoms with Crippen LogP contribution in [0.1, 0.15) is 18.1 Å². The number of hydrogen-bond donors (Lipinski definition) is 1. The molecule has 31 heavy (non-hydrogen) atoms. The number of anilines is 1. The maximum Gasteiger partial charge on any atom is 0.416 e. The van der Waals surface area contributed by atoms with E-state index < -0.39 is 27.8 Å².